The van der Waals surface area contributed by atoms with Gasteiger partial charge in [-0.05, 0) is 17.7 Å². The summed E-state index contributed by atoms with van der Waals surface area (Å²) < 4.78 is 1.71. The topological polar surface area (TPSA) is 64.6 Å². The SMILES string of the molecule is O=C(c1ccccc1)c1c(-c2ccccc2)c([N+](=O)[O-])cc2cccn12. The zero-order chi connectivity index (χ0) is 18.1. The standard InChI is InChI=1S/C21H14N2O3/c24-21(16-10-5-2-6-11-16)20-19(15-8-3-1-4-9-15)18(23(25)26)14-17-12-7-13-22(17)20/h1-14H. The summed E-state index contributed by atoms with van der Waals surface area (Å²) in [5, 5.41) is 11.8. The van der Waals surface area contributed by atoms with Crippen molar-refractivity contribution in [2.45, 2.75) is 0 Å². The van der Waals surface area contributed by atoms with Gasteiger partial charge in [-0.2, -0.15) is 0 Å². The maximum atomic E-state index is 13.3. The summed E-state index contributed by atoms with van der Waals surface area (Å²) in [5.41, 5.74) is 2.26. The fraction of sp³-hybridized carbons (Fsp3) is 0. The van der Waals surface area contributed by atoms with E-state index in [1.165, 1.54) is 6.07 Å². The molecule has 0 aliphatic rings. The van der Waals surface area contributed by atoms with E-state index in [0.29, 0.717) is 22.2 Å². The molecule has 4 rings (SSSR count). The van der Waals surface area contributed by atoms with E-state index in [-0.39, 0.29) is 17.2 Å². The highest BCUT2D eigenvalue weighted by molar-refractivity contribution is 6.13. The number of aromatic nitrogens is 1. The zero-order valence-corrected chi connectivity index (χ0v) is 13.7. The summed E-state index contributed by atoms with van der Waals surface area (Å²) in [7, 11) is 0. The Morgan fingerprint density at radius 2 is 1.54 bits per heavy atom. The van der Waals surface area contributed by atoms with Crippen molar-refractivity contribution in [3.05, 3.63) is 106 Å². The van der Waals surface area contributed by atoms with E-state index in [1.54, 1.807) is 71.3 Å². The molecule has 0 aliphatic heterocycles. The van der Waals surface area contributed by atoms with Crippen molar-refractivity contribution < 1.29 is 9.72 Å². The largest absolute Gasteiger partial charge is 0.313 e. The second-order valence-corrected chi connectivity index (χ2v) is 5.87. The van der Waals surface area contributed by atoms with Crippen molar-refractivity contribution >= 4 is 17.0 Å². The molecule has 0 atom stereocenters. The molecule has 5 nitrogen and oxygen atoms in total. The van der Waals surface area contributed by atoms with Gasteiger partial charge in [0.05, 0.1) is 16.0 Å². The van der Waals surface area contributed by atoms with Gasteiger partial charge in [-0.15, -0.1) is 0 Å². The second-order valence-electron chi connectivity index (χ2n) is 5.87. The van der Waals surface area contributed by atoms with Gasteiger partial charge in [0.15, 0.2) is 0 Å². The number of pyridine rings is 1. The number of nitrogens with zero attached hydrogens (tertiary/aromatic N) is 2. The zero-order valence-electron chi connectivity index (χ0n) is 13.7. The quantitative estimate of drug-likeness (QED) is 0.305. The number of fused-ring (bicyclic) bond motifs is 1. The predicted molar refractivity (Wildman–Crippen MR) is 99.4 cm³/mol. The van der Waals surface area contributed by atoms with E-state index in [1.807, 2.05) is 12.1 Å². The monoisotopic (exact) mass is 342 g/mol. The molecule has 26 heavy (non-hydrogen) atoms. The van der Waals surface area contributed by atoms with Crippen LogP contribution in [0.3, 0.4) is 0 Å². The molecule has 5 heteroatoms. The number of hydrogen-bond acceptors (Lipinski definition) is 3. The Balaban J connectivity index is 2.11. The van der Waals surface area contributed by atoms with Crippen LogP contribution in [0.25, 0.3) is 16.6 Å². The lowest BCUT2D eigenvalue weighted by atomic mass is 9.96. The van der Waals surface area contributed by atoms with Crippen molar-refractivity contribution in [1.29, 1.82) is 0 Å². The van der Waals surface area contributed by atoms with E-state index in [2.05, 4.69) is 0 Å². The molecule has 0 saturated heterocycles. The van der Waals surface area contributed by atoms with E-state index in [0.717, 1.165) is 0 Å². The van der Waals surface area contributed by atoms with Gasteiger partial charge in [0, 0.05) is 17.8 Å². The summed E-state index contributed by atoms with van der Waals surface area (Å²) >= 11 is 0. The Labute approximate surface area is 149 Å². The average Bonchev–Trinajstić information content (AvgIpc) is 3.15. The van der Waals surface area contributed by atoms with Gasteiger partial charge in [0.2, 0.25) is 5.78 Å². The summed E-state index contributed by atoms with van der Waals surface area (Å²) in [6.45, 7) is 0. The van der Waals surface area contributed by atoms with Gasteiger partial charge in [-0.25, -0.2) is 0 Å². The molecule has 0 bridgehead atoms. The summed E-state index contributed by atoms with van der Waals surface area (Å²) in [6.07, 6.45) is 1.75. The van der Waals surface area contributed by atoms with Crippen LogP contribution in [-0.4, -0.2) is 15.1 Å². The average molecular weight is 342 g/mol. The molecular weight excluding hydrogens is 328 g/mol. The van der Waals surface area contributed by atoms with Gasteiger partial charge in [0.1, 0.15) is 5.69 Å². The van der Waals surface area contributed by atoms with E-state index >= 15 is 0 Å². The third-order valence-electron chi connectivity index (χ3n) is 4.31. The first-order valence-corrected chi connectivity index (χ1v) is 8.10. The van der Waals surface area contributed by atoms with Crippen LogP contribution in [0.2, 0.25) is 0 Å². The summed E-state index contributed by atoms with van der Waals surface area (Å²) in [6, 6.07) is 22.8. The number of rotatable bonds is 4. The molecule has 0 radical (unpaired) electrons. The third kappa shape index (κ3) is 2.56. The molecule has 2 aromatic heterocycles. The first-order valence-electron chi connectivity index (χ1n) is 8.10. The van der Waals surface area contributed by atoms with Crippen molar-refractivity contribution in [3.8, 4) is 11.1 Å². The van der Waals surface area contributed by atoms with Gasteiger partial charge < -0.3 is 4.40 Å². The molecule has 0 fully saturated rings. The highest BCUT2D eigenvalue weighted by atomic mass is 16.6. The maximum Gasteiger partial charge on any atom is 0.281 e. The minimum Gasteiger partial charge on any atom is -0.313 e. The second kappa shape index (κ2) is 6.29. The summed E-state index contributed by atoms with van der Waals surface area (Å²) in [5.74, 6) is -0.255. The number of carbonyl (C=O) groups excluding carboxylic acids is 1. The Hall–Kier alpha value is -3.73. The number of benzene rings is 2. The Morgan fingerprint density at radius 3 is 2.19 bits per heavy atom. The molecule has 0 N–H and O–H groups in total. The normalized spacial score (nSPS) is 10.8. The third-order valence-corrected chi connectivity index (χ3v) is 4.31. The minimum atomic E-state index is -0.433. The first kappa shape index (κ1) is 15.8. The van der Waals surface area contributed by atoms with E-state index in [4.69, 9.17) is 0 Å². The van der Waals surface area contributed by atoms with Crippen LogP contribution in [0.15, 0.2) is 85.1 Å². The van der Waals surface area contributed by atoms with Crippen LogP contribution in [0.5, 0.6) is 0 Å². The Morgan fingerprint density at radius 1 is 0.885 bits per heavy atom. The molecule has 2 aromatic carbocycles. The number of ketones is 1. The predicted octanol–water partition coefficient (Wildman–Crippen LogP) is 4.75. The minimum absolute atomic E-state index is 0.0818. The molecule has 0 spiro atoms. The van der Waals surface area contributed by atoms with Crippen LogP contribution in [0.4, 0.5) is 5.69 Å². The van der Waals surface area contributed by atoms with Crippen molar-refractivity contribution in [2.75, 3.05) is 0 Å². The molecule has 2 heterocycles. The summed E-state index contributed by atoms with van der Waals surface area (Å²) in [4.78, 5) is 24.6. The highest BCUT2D eigenvalue weighted by Crippen LogP contribution is 2.36. The van der Waals surface area contributed by atoms with Crippen LogP contribution >= 0.6 is 0 Å². The van der Waals surface area contributed by atoms with E-state index < -0.39 is 4.92 Å². The van der Waals surface area contributed by atoms with Crippen LogP contribution in [-0.2, 0) is 0 Å². The number of carbonyl (C=O) groups is 1. The van der Waals surface area contributed by atoms with Gasteiger partial charge in [-0.3, -0.25) is 14.9 Å². The number of nitro groups is 1. The Bertz CT molecular complexity index is 1120. The fourth-order valence-corrected chi connectivity index (χ4v) is 3.15. The lowest BCUT2D eigenvalue weighted by Gasteiger charge is -2.13. The molecule has 126 valence electrons. The molecule has 4 aromatic rings. The lowest BCUT2D eigenvalue weighted by molar-refractivity contribution is -0.384. The number of hydrogen-bond donors (Lipinski definition) is 0. The highest BCUT2D eigenvalue weighted by Gasteiger charge is 2.27. The van der Waals surface area contributed by atoms with Crippen LogP contribution in [0, 0.1) is 10.1 Å². The maximum absolute atomic E-state index is 13.3. The van der Waals surface area contributed by atoms with Crippen molar-refractivity contribution in [1.82, 2.24) is 4.40 Å². The van der Waals surface area contributed by atoms with Crippen molar-refractivity contribution in [3.63, 3.8) is 0 Å². The lowest BCUT2D eigenvalue weighted by Crippen LogP contribution is -2.11. The smallest absolute Gasteiger partial charge is 0.281 e. The molecule has 0 aliphatic carbocycles. The van der Waals surface area contributed by atoms with Crippen LogP contribution < -0.4 is 0 Å². The molecule has 0 saturated carbocycles. The van der Waals surface area contributed by atoms with Crippen LogP contribution in [0.1, 0.15) is 16.1 Å². The van der Waals surface area contributed by atoms with Gasteiger partial charge in [-0.1, -0.05) is 60.7 Å². The van der Waals surface area contributed by atoms with Crippen molar-refractivity contribution in [2.24, 2.45) is 0 Å². The van der Waals surface area contributed by atoms with Gasteiger partial charge >= 0.3 is 0 Å². The van der Waals surface area contributed by atoms with Gasteiger partial charge in [0.25, 0.3) is 5.69 Å². The van der Waals surface area contributed by atoms with E-state index in [9.17, 15) is 14.9 Å². The Kier molecular flexibility index (Phi) is 3.82. The fourth-order valence-electron chi connectivity index (χ4n) is 3.15. The molecule has 0 unspecified atom stereocenters. The first-order chi connectivity index (χ1) is 12.7. The molecule has 0 amide bonds. The molecular formula is C21H14N2O3.